The van der Waals surface area contributed by atoms with Gasteiger partial charge in [0.05, 0.1) is 28.6 Å². The highest BCUT2D eigenvalue weighted by Gasteiger charge is 2.49. The molecule has 1 unspecified atom stereocenters. The fraction of sp³-hybridized carbons (Fsp3) is 0.333. The summed E-state index contributed by atoms with van der Waals surface area (Å²) in [4.78, 5) is 4.34. The van der Waals surface area contributed by atoms with Crippen LogP contribution < -0.4 is 11.2 Å². The van der Waals surface area contributed by atoms with Gasteiger partial charge in [0, 0.05) is 9.92 Å². The lowest BCUT2D eigenvalue weighted by atomic mass is 10.1. The molecule has 0 saturated carbocycles. The van der Waals surface area contributed by atoms with Gasteiger partial charge >= 0.3 is 11.8 Å². The average molecular weight is 274 g/mol. The van der Waals surface area contributed by atoms with E-state index in [4.69, 9.17) is 5.84 Å². The predicted octanol–water partition coefficient (Wildman–Crippen LogP) is 0.972. The standard InChI is InChI=1S/C12H16N7O/c1-12(2,20)7-14-11-15-9-6-4-3-5-8(9)10-16-17-18-19(10,11)13/h3-6,20H,7,13H2,1-2H3,(H,14,15)/q+1. The van der Waals surface area contributed by atoms with Crippen molar-refractivity contribution in [2.75, 3.05) is 11.9 Å². The van der Waals surface area contributed by atoms with Gasteiger partial charge in [-0.2, -0.15) is 0 Å². The second-order valence-corrected chi connectivity index (χ2v) is 5.41. The van der Waals surface area contributed by atoms with E-state index in [0.717, 1.165) is 11.3 Å². The molecule has 1 aromatic rings. The molecule has 0 fully saturated rings. The number of aliphatic imine (C=N–C) groups is 1. The Morgan fingerprint density at radius 2 is 2.15 bits per heavy atom. The number of hydrogen-bond acceptors (Lipinski definition) is 6. The summed E-state index contributed by atoms with van der Waals surface area (Å²) in [6.45, 7) is 3.54. The summed E-state index contributed by atoms with van der Waals surface area (Å²) >= 11 is 0. The first kappa shape index (κ1) is 12.9. The van der Waals surface area contributed by atoms with Gasteiger partial charge in [-0.25, -0.2) is 4.99 Å². The number of aliphatic hydroxyl groups is 1. The molecular weight excluding hydrogens is 258 g/mol. The van der Waals surface area contributed by atoms with E-state index >= 15 is 0 Å². The zero-order chi connectivity index (χ0) is 14.4. The topological polar surface area (TPSA) is 108 Å². The van der Waals surface area contributed by atoms with Crippen LogP contribution in [0.4, 0.5) is 5.69 Å². The third-order valence-electron chi connectivity index (χ3n) is 3.00. The lowest BCUT2D eigenvalue weighted by Gasteiger charge is -2.28. The highest BCUT2D eigenvalue weighted by atomic mass is 16.3. The first-order valence-electron chi connectivity index (χ1n) is 6.22. The number of fused-ring (bicyclic) bond motifs is 3. The van der Waals surface area contributed by atoms with Gasteiger partial charge in [-0.3, -0.25) is 5.32 Å². The van der Waals surface area contributed by atoms with Crippen molar-refractivity contribution in [1.82, 2.24) is 0 Å². The summed E-state index contributed by atoms with van der Waals surface area (Å²) in [5.41, 5.74) is 0.744. The minimum atomic E-state index is -0.932. The van der Waals surface area contributed by atoms with Crippen LogP contribution >= 0.6 is 0 Å². The minimum absolute atomic E-state index is 0.192. The Hall–Kier alpha value is -2.16. The number of rotatable bonds is 2. The second-order valence-electron chi connectivity index (χ2n) is 5.41. The van der Waals surface area contributed by atoms with Gasteiger partial charge in [-0.1, -0.05) is 17.2 Å². The van der Waals surface area contributed by atoms with Crippen molar-refractivity contribution >= 4 is 17.5 Å². The third kappa shape index (κ3) is 1.99. The molecule has 2 heterocycles. The Morgan fingerprint density at radius 1 is 1.40 bits per heavy atom. The van der Waals surface area contributed by atoms with Crippen LogP contribution in [0.2, 0.25) is 0 Å². The lowest BCUT2D eigenvalue weighted by Crippen LogP contribution is -2.62. The molecule has 3 rings (SSSR count). The fourth-order valence-electron chi connectivity index (χ4n) is 2.02. The molecule has 1 aromatic carbocycles. The molecule has 20 heavy (non-hydrogen) atoms. The Balaban J connectivity index is 2.06. The number of nitrogens with two attached hydrogens (primary N) is 1. The number of para-hydroxylation sites is 1. The average Bonchev–Trinajstić information content (AvgIpc) is 2.78. The Morgan fingerprint density at radius 3 is 2.90 bits per heavy atom. The van der Waals surface area contributed by atoms with E-state index in [0.29, 0.717) is 11.8 Å². The van der Waals surface area contributed by atoms with Crippen molar-refractivity contribution in [2.24, 2.45) is 26.4 Å². The van der Waals surface area contributed by atoms with E-state index in [9.17, 15) is 5.11 Å². The van der Waals surface area contributed by atoms with Crippen LogP contribution in [0.3, 0.4) is 0 Å². The van der Waals surface area contributed by atoms with Gasteiger partial charge < -0.3 is 5.11 Å². The first-order valence-corrected chi connectivity index (χ1v) is 6.22. The SMILES string of the molecule is CC(C)(O)CN=C1Nc2ccccc2C2=NN=N[N+]12N. The van der Waals surface area contributed by atoms with Crippen LogP contribution in [0.1, 0.15) is 19.4 Å². The van der Waals surface area contributed by atoms with Crippen LogP contribution in [0, 0.1) is 0 Å². The fourth-order valence-corrected chi connectivity index (χ4v) is 2.02. The number of nitrogens with zero attached hydrogens (tertiary/aromatic N) is 5. The number of amidine groups is 1. The van der Waals surface area contributed by atoms with Crippen molar-refractivity contribution in [2.45, 2.75) is 19.4 Å². The van der Waals surface area contributed by atoms with E-state index in [-0.39, 0.29) is 6.54 Å². The normalized spacial score (nSPS) is 26.0. The third-order valence-corrected chi connectivity index (χ3v) is 3.00. The monoisotopic (exact) mass is 274 g/mol. The van der Waals surface area contributed by atoms with Gasteiger partial charge in [-0.15, -0.1) is 5.84 Å². The number of guanidine groups is 1. The Kier molecular flexibility index (Phi) is 2.68. The van der Waals surface area contributed by atoms with E-state index in [1.165, 1.54) is 0 Å². The van der Waals surface area contributed by atoms with Gasteiger partial charge in [0.25, 0.3) is 0 Å². The zero-order valence-corrected chi connectivity index (χ0v) is 11.3. The van der Waals surface area contributed by atoms with E-state index in [1.54, 1.807) is 13.8 Å². The summed E-state index contributed by atoms with van der Waals surface area (Å²) in [5.74, 6) is 7.11. The number of quaternary nitrogens is 1. The maximum atomic E-state index is 9.80. The molecule has 2 aliphatic rings. The van der Waals surface area contributed by atoms with E-state index < -0.39 is 10.3 Å². The summed E-state index contributed by atoms with van der Waals surface area (Å²) < 4.78 is -0.451. The summed E-state index contributed by atoms with van der Waals surface area (Å²) in [7, 11) is 0. The number of benzene rings is 1. The molecule has 0 bridgehead atoms. The Bertz CT molecular complexity index is 643. The summed E-state index contributed by atoms with van der Waals surface area (Å²) in [6.07, 6.45) is 0. The van der Waals surface area contributed by atoms with Crippen molar-refractivity contribution < 1.29 is 9.81 Å². The maximum Gasteiger partial charge on any atom is 0.358 e. The van der Waals surface area contributed by atoms with Crippen LogP contribution in [0.25, 0.3) is 0 Å². The molecule has 1 atom stereocenters. The van der Waals surface area contributed by atoms with Crippen molar-refractivity contribution in [1.29, 1.82) is 0 Å². The molecule has 2 aliphatic heterocycles. The number of nitrogens with one attached hydrogen (secondary N) is 1. The van der Waals surface area contributed by atoms with Crippen LogP contribution in [-0.4, -0.2) is 33.7 Å². The second kappa shape index (κ2) is 4.17. The van der Waals surface area contributed by atoms with Crippen molar-refractivity contribution in [3.8, 4) is 0 Å². The van der Waals surface area contributed by atoms with Crippen molar-refractivity contribution in [3.63, 3.8) is 0 Å². The first-order chi connectivity index (χ1) is 9.40. The maximum absolute atomic E-state index is 9.80. The van der Waals surface area contributed by atoms with Crippen molar-refractivity contribution in [3.05, 3.63) is 29.8 Å². The largest absolute Gasteiger partial charge is 0.389 e. The number of anilines is 1. The molecule has 0 amide bonds. The molecule has 0 aromatic heterocycles. The highest BCUT2D eigenvalue weighted by Crippen LogP contribution is 2.30. The molecule has 8 nitrogen and oxygen atoms in total. The van der Waals surface area contributed by atoms with E-state index in [2.05, 4.69) is 25.9 Å². The molecular formula is C12H16N7O+. The van der Waals surface area contributed by atoms with Crippen LogP contribution in [-0.2, 0) is 0 Å². The molecule has 0 spiro atoms. The lowest BCUT2D eigenvalue weighted by molar-refractivity contribution is -0.769. The summed E-state index contributed by atoms with van der Waals surface area (Å²) in [5, 5.41) is 24.5. The number of hydrogen-bond donors (Lipinski definition) is 3. The molecule has 0 aliphatic carbocycles. The van der Waals surface area contributed by atoms with Gasteiger partial charge in [-0.05, 0) is 26.0 Å². The molecule has 8 heteroatoms. The highest BCUT2D eigenvalue weighted by molar-refractivity contribution is 6.12. The smallest absolute Gasteiger partial charge is 0.358 e. The quantitative estimate of drug-likeness (QED) is 0.552. The van der Waals surface area contributed by atoms with E-state index in [1.807, 2.05) is 24.3 Å². The zero-order valence-electron chi connectivity index (χ0n) is 11.3. The molecule has 0 saturated heterocycles. The van der Waals surface area contributed by atoms with Gasteiger partial charge in [0.2, 0.25) is 0 Å². The minimum Gasteiger partial charge on any atom is -0.389 e. The van der Waals surface area contributed by atoms with Gasteiger partial charge in [0.15, 0.2) is 0 Å². The van der Waals surface area contributed by atoms with Gasteiger partial charge in [0.1, 0.15) is 0 Å². The van der Waals surface area contributed by atoms with Crippen LogP contribution in [0.15, 0.2) is 44.8 Å². The molecule has 0 radical (unpaired) electrons. The predicted molar refractivity (Wildman–Crippen MR) is 74.5 cm³/mol. The van der Waals surface area contributed by atoms with Crippen LogP contribution in [0.5, 0.6) is 0 Å². The molecule has 4 N–H and O–H groups in total. The summed E-state index contributed by atoms with van der Waals surface area (Å²) in [6, 6.07) is 7.59. The molecule has 104 valence electrons. The Labute approximate surface area is 115 Å².